The van der Waals surface area contributed by atoms with E-state index in [1.165, 1.54) is 5.01 Å². The molecule has 0 spiro atoms. The lowest BCUT2D eigenvalue weighted by atomic mass is 10.1. The third kappa shape index (κ3) is 3.95. The van der Waals surface area contributed by atoms with Gasteiger partial charge in [0.1, 0.15) is 0 Å². The van der Waals surface area contributed by atoms with E-state index in [0.29, 0.717) is 44.0 Å². The number of halogens is 2. The zero-order valence-corrected chi connectivity index (χ0v) is 16.6. The number of hydrogen-bond donors (Lipinski definition) is 3. The lowest BCUT2D eigenvalue weighted by Gasteiger charge is -2.14. The highest BCUT2D eigenvalue weighted by Gasteiger charge is 2.31. The van der Waals surface area contributed by atoms with E-state index in [1.807, 2.05) is 0 Å². The highest BCUT2D eigenvalue weighted by atomic mass is 35.5. The molecule has 0 saturated heterocycles. The van der Waals surface area contributed by atoms with Crippen LogP contribution in [0.15, 0.2) is 58.8 Å². The van der Waals surface area contributed by atoms with Gasteiger partial charge < -0.3 is 11.2 Å². The first kappa shape index (κ1) is 19.7. The van der Waals surface area contributed by atoms with E-state index in [-0.39, 0.29) is 11.8 Å². The molecule has 1 heterocycles. The van der Waals surface area contributed by atoms with Crippen LogP contribution in [-0.4, -0.2) is 17.5 Å². The fourth-order valence-electron chi connectivity index (χ4n) is 2.69. The number of amides is 2. The number of nitrogens with zero attached hydrogens (tertiary/aromatic N) is 2. The van der Waals surface area contributed by atoms with Crippen molar-refractivity contribution in [2.75, 3.05) is 10.7 Å². The van der Waals surface area contributed by atoms with Crippen molar-refractivity contribution in [3.05, 3.63) is 69.3 Å². The summed E-state index contributed by atoms with van der Waals surface area (Å²) in [5.74, 6) is -0.729. The Balaban J connectivity index is 1.77. The molecule has 2 aromatic rings. The van der Waals surface area contributed by atoms with Crippen molar-refractivity contribution < 1.29 is 9.59 Å². The van der Waals surface area contributed by atoms with Gasteiger partial charge in [-0.25, -0.2) is 0 Å². The molecule has 0 saturated carbocycles. The second kappa shape index (κ2) is 7.92. The Morgan fingerprint density at radius 1 is 1.11 bits per heavy atom. The molecule has 1 aliphatic heterocycles. The number of allylic oxidation sites excluding steroid dienone is 1. The molecule has 2 amide bonds. The number of carbonyl (C=O) groups is 2. The van der Waals surface area contributed by atoms with Crippen molar-refractivity contribution in [1.29, 1.82) is 0 Å². The number of hydrogen-bond acceptors (Lipinski definition) is 5. The molecule has 0 radical (unpaired) electrons. The van der Waals surface area contributed by atoms with Crippen LogP contribution in [0.2, 0.25) is 10.0 Å². The number of hydrazine groups is 1. The number of nitrogens with one attached hydrogen (secondary N) is 2. The van der Waals surface area contributed by atoms with Gasteiger partial charge in [0.05, 0.1) is 27.0 Å². The number of benzene rings is 2. The van der Waals surface area contributed by atoms with Crippen LogP contribution in [0.25, 0.3) is 0 Å². The van der Waals surface area contributed by atoms with Gasteiger partial charge in [-0.05, 0) is 50.2 Å². The number of hydrazone groups is 1. The van der Waals surface area contributed by atoms with Gasteiger partial charge in [0.2, 0.25) is 0 Å². The second-order valence-electron chi connectivity index (χ2n) is 6.11. The molecular formula is C19H17Cl2N5O2. The standard InChI is InChI=1S/C19H17Cl2N5O2/c1-10(23-24-18(27)12-4-3-5-13(22)8-12)17-11(2)25-26(19(17)28)14-6-7-15(20)16(21)9-14/h3-9,23H,22H2,1-2H3,(H,24,27)/b17-10-. The van der Waals surface area contributed by atoms with E-state index in [2.05, 4.69) is 16.0 Å². The molecule has 0 unspecified atom stereocenters. The fourth-order valence-corrected chi connectivity index (χ4v) is 2.99. The van der Waals surface area contributed by atoms with Gasteiger partial charge in [0, 0.05) is 16.9 Å². The summed E-state index contributed by atoms with van der Waals surface area (Å²) in [6, 6.07) is 11.4. The molecular weight excluding hydrogens is 401 g/mol. The average Bonchev–Trinajstić information content (AvgIpc) is 2.96. The zero-order chi connectivity index (χ0) is 20.4. The molecule has 0 aromatic heterocycles. The van der Waals surface area contributed by atoms with E-state index < -0.39 is 0 Å². The fraction of sp³-hybridized carbons (Fsp3) is 0.105. The highest BCUT2D eigenvalue weighted by molar-refractivity contribution is 6.42. The van der Waals surface area contributed by atoms with E-state index >= 15 is 0 Å². The Morgan fingerprint density at radius 3 is 2.54 bits per heavy atom. The topological polar surface area (TPSA) is 99.8 Å². The summed E-state index contributed by atoms with van der Waals surface area (Å²) in [5, 5.41) is 6.22. The van der Waals surface area contributed by atoms with Crippen molar-refractivity contribution in [2.45, 2.75) is 13.8 Å². The van der Waals surface area contributed by atoms with Crippen LogP contribution < -0.4 is 21.6 Å². The predicted molar refractivity (Wildman–Crippen MR) is 111 cm³/mol. The summed E-state index contributed by atoms with van der Waals surface area (Å²) < 4.78 is 0. The summed E-state index contributed by atoms with van der Waals surface area (Å²) in [5.41, 5.74) is 13.7. The minimum atomic E-state index is -0.381. The first-order chi connectivity index (χ1) is 13.3. The van der Waals surface area contributed by atoms with Crippen LogP contribution in [0.5, 0.6) is 0 Å². The number of carbonyl (C=O) groups excluding carboxylic acids is 2. The first-order valence-electron chi connectivity index (χ1n) is 8.26. The summed E-state index contributed by atoms with van der Waals surface area (Å²) in [6.45, 7) is 3.37. The van der Waals surface area contributed by atoms with Crippen molar-refractivity contribution in [2.24, 2.45) is 5.10 Å². The quantitative estimate of drug-likeness (QED) is 0.402. The average molecular weight is 418 g/mol. The number of rotatable bonds is 4. The van der Waals surface area contributed by atoms with E-state index in [4.69, 9.17) is 28.9 Å². The van der Waals surface area contributed by atoms with Crippen LogP contribution in [0, 0.1) is 0 Å². The Kier molecular flexibility index (Phi) is 5.58. The summed E-state index contributed by atoms with van der Waals surface area (Å²) >= 11 is 12.0. The maximum atomic E-state index is 12.8. The molecule has 7 nitrogen and oxygen atoms in total. The van der Waals surface area contributed by atoms with Gasteiger partial charge in [0.15, 0.2) is 0 Å². The Bertz CT molecular complexity index is 1030. The van der Waals surface area contributed by atoms with Gasteiger partial charge in [0.25, 0.3) is 11.8 Å². The molecule has 0 atom stereocenters. The van der Waals surface area contributed by atoms with Crippen LogP contribution in [0.4, 0.5) is 11.4 Å². The van der Waals surface area contributed by atoms with Crippen LogP contribution in [0.3, 0.4) is 0 Å². The molecule has 0 bridgehead atoms. The molecule has 144 valence electrons. The lowest BCUT2D eigenvalue weighted by molar-refractivity contribution is -0.114. The number of anilines is 2. The minimum absolute atomic E-state index is 0.321. The molecule has 1 aliphatic rings. The summed E-state index contributed by atoms with van der Waals surface area (Å²) in [7, 11) is 0. The monoisotopic (exact) mass is 417 g/mol. The number of nitrogens with two attached hydrogens (primary N) is 1. The van der Waals surface area contributed by atoms with Crippen LogP contribution in [0.1, 0.15) is 24.2 Å². The molecule has 3 rings (SSSR count). The number of nitrogen functional groups attached to an aromatic ring is 1. The Hall–Kier alpha value is -3.03. The van der Waals surface area contributed by atoms with Gasteiger partial charge in [-0.1, -0.05) is 29.3 Å². The first-order valence-corrected chi connectivity index (χ1v) is 9.01. The smallest absolute Gasteiger partial charge is 0.282 e. The molecule has 4 N–H and O–H groups in total. The van der Waals surface area contributed by atoms with Crippen LogP contribution >= 0.6 is 23.2 Å². The second-order valence-corrected chi connectivity index (χ2v) is 6.92. The minimum Gasteiger partial charge on any atom is -0.399 e. The van der Waals surface area contributed by atoms with Gasteiger partial charge in [-0.15, -0.1) is 0 Å². The van der Waals surface area contributed by atoms with E-state index in [1.54, 1.807) is 56.3 Å². The maximum absolute atomic E-state index is 12.8. The predicted octanol–water partition coefficient (Wildman–Crippen LogP) is 3.51. The van der Waals surface area contributed by atoms with Gasteiger partial charge in [-0.2, -0.15) is 10.1 Å². The van der Waals surface area contributed by atoms with Gasteiger partial charge in [-0.3, -0.25) is 15.0 Å². The molecule has 0 fully saturated rings. The van der Waals surface area contributed by atoms with E-state index in [0.717, 1.165) is 0 Å². The molecule has 28 heavy (non-hydrogen) atoms. The lowest BCUT2D eigenvalue weighted by Crippen LogP contribution is -2.37. The Labute approximate surface area is 171 Å². The third-order valence-electron chi connectivity index (χ3n) is 4.05. The van der Waals surface area contributed by atoms with E-state index in [9.17, 15) is 9.59 Å². The van der Waals surface area contributed by atoms with Crippen molar-refractivity contribution in [3.63, 3.8) is 0 Å². The normalized spacial score (nSPS) is 15.4. The molecule has 9 heteroatoms. The van der Waals surface area contributed by atoms with Gasteiger partial charge >= 0.3 is 0 Å². The van der Waals surface area contributed by atoms with Crippen molar-refractivity contribution in [3.8, 4) is 0 Å². The maximum Gasteiger partial charge on any atom is 0.282 e. The molecule has 0 aliphatic carbocycles. The molecule has 2 aromatic carbocycles. The van der Waals surface area contributed by atoms with Crippen molar-refractivity contribution >= 4 is 52.1 Å². The highest BCUT2D eigenvalue weighted by Crippen LogP contribution is 2.30. The summed E-state index contributed by atoms with van der Waals surface area (Å²) in [4.78, 5) is 25.1. The van der Waals surface area contributed by atoms with Crippen LogP contribution in [-0.2, 0) is 4.79 Å². The summed E-state index contributed by atoms with van der Waals surface area (Å²) in [6.07, 6.45) is 0. The largest absolute Gasteiger partial charge is 0.399 e. The zero-order valence-electron chi connectivity index (χ0n) is 15.1. The third-order valence-corrected chi connectivity index (χ3v) is 4.79. The Morgan fingerprint density at radius 2 is 1.86 bits per heavy atom. The SMILES string of the molecule is CC1=NN(c2ccc(Cl)c(Cl)c2)C(=O)/C1=C(/C)NNC(=O)c1cccc(N)c1. The van der Waals surface area contributed by atoms with Crippen molar-refractivity contribution in [1.82, 2.24) is 10.9 Å².